The Labute approximate surface area is 186 Å². The summed E-state index contributed by atoms with van der Waals surface area (Å²) in [5.74, 6) is -0.0836. The van der Waals surface area contributed by atoms with Crippen LogP contribution in [0, 0.1) is 10.1 Å². The summed E-state index contributed by atoms with van der Waals surface area (Å²) in [6.45, 7) is 0.652. The number of carbonyl (C=O) groups excluding carboxylic acids is 2. The van der Waals surface area contributed by atoms with Crippen molar-refractivity contribution in [3.05, 3.63) is 74.6 Å². The number of esters is 1. The highest BCUT2D eigenvalue weighted by molar-refractivity contribution is 7.98. The van der Waals surface area contributed by atoms with Crippen LogP contribution in [0.2, 0.25) is 0 Å². The van der Waals surface area contributed by atoms with Gasteiger partial charge in [0.15, 0.2) is 4.80 Å². The van der Waals surface area contributed by atoms with E-state index in [1.807, 2.05) is 16.9 Å². The molecule has 0 fully saturated rings. The molecular weight excluding hydrogens is 438 g/mol. The van der Waals surface area contributed by atoms with E-state index in [-0.39, 0.29) is 5.69 Å². The van der Waals surface area contributed by atoms with E-state index in [1.165, 1.54) is 42.7 Å². The first-order valence-electron chi connectivity index (χ1n) is 9.15. The van der Waals surface area contributed by atoms with Gasteiger partial charge in [-0.1, -0.05) is 23.5 Å². The van der Waals surface area contributed by atoms with Crippen molar-refractivity contribution in [2.24, 2.45) is 4.99 Å². The molecule has 0 saturated carbocycles. The molecule has 1 heterocycles. The van der Waals surface area contributed by atoms with Crippen LogP contribution in [-0.4, -0.2) is 40.5 Å². The van der Waals surface area contributed by atoms with Gasteiger partial charge in [-0.05, 0) is 36.1 Å². The number of thioether (sulfide) groups is 1. The number of fused-ring (bicyclic) bond motifs is 1. The van der Waals surface area contributed by atoms with Crippen LogP contribution in [0.5, 0.6) is 0 Å². The standard InChI is InChI=1S/C21H19N3O5S2/c1-29-20(26)15-7-8-17-18(13-15)31-21(23(17)10-11-30-2)22-19(25)9-6-14-4-3-5-16(12-14)24(27)28/h3-9,12-13H,10-11H2,1-2H3/b9-6+,22-21?. The highest BCUT2D eigenvalue weighted by Gasteiger charge is 2.12. The molecule has 0 radical (unpaired) electrons. The fourth-order valence-corrected chi connectivity index (χ4v) is 4.31. The zero-order valence-corrected chi connectivity index (χ0v) is 18.4. The summed E-state index contributed by atoms with van der Waals surface area (Å²) in [7, 11) is 1.33. The molecule has 0 N–H and O–H groups in total. The number of aryl methyl sites for hydroxylation is 1. The minimum absolute atomic E-state index is 0.0487. The third-order valence-electron chi connectivity index (χ3n) is 4.33. The molecule has 0 aliphatic heterocycles. The second kappa shape index (κ2) is 10.2. The Hall–Kier alpha value is -3.24. The second-order valence-corrected chi connectivity index (χ2v) is 8.33. The molecular formula is C21H19N3O5S2. The molecule has 3 rings (SSSR count). The third kappa shape index (κ3) is 5.47. The van der Waals surface area contributed by atoms with Crippen LogP contribution in [-0.2, 0) is 16.1 Å². The minimum atomic E-state index is -0.488. The number of ether oxygens (including phenoxy) is 1. The number of hydrogen-bond donors (Lipinski definition) is 0. The first-order valence-corrected chi connectivity index (χ1v) is 11.4. The molecule has 1 aromatic heterocycles. The highest BCUT2D eigenvalue weighted by Crippen LogP contribution is 2.20. The molecule has 0 aliphatic rings. The summed E-state index contributed by atoms with van der Waals surface area (Å²) in [6, 6.07) is 11.2. The SMILES string of the molecule is COC(=O)c1ccc2c(c1)sc(=NC(=O)/C=C/c1cccc([N+](=O)[O-])c1)n2CCSC. The number of thiazole rings is 1. The average molecular weight is 458 g/mol. The topological polar surface area (TPSA) is 104 Å². The van der Waals surface area contributed by atoms with Crippen LogP contribution < -0.4 is 4.80 Å². The molecule has 0 saturated heterocycles. The predicted molar refractivity (Wildman–Crippen MR) is 122 cm³/mol. The lowest BCUT2D eigenvalue weighted by atomic mass is 10.2. The number of benzene rings is 2. The molecule has 2 aromatic carbocycles. The number of aromatic nitrogens is 1. The molecule has 0 bridgehead atoms. The zero-order valence-electron chi connectivity index (χ0n) is 16.8. The number of hydrogen-bond acceptors (Lipinski definition) is 7. The Kier molecular flexibility index (Phi) is 7.37. The number of nitro groups is 1. The Bertz CT molecular complexity index is 1240. The van der Waals surface area contributed by atoms with Crippen LogP contribution in [0.15, 0.2) is 53.5 Å². The van der Waals surface area contributed by atoms with Gasteiger partial charge in [-0.15, -0.1) is 0 Å². The van der Waals surface area contributed by atoms with Gasteiger partial charge >= 0.3 is 5.97 Å². The average Bonchev–Trinajstić information content (AvgIpc) is 3.11. The van der Waals surface area contributed by atoms with Crippen molar-refractivity contribution in [3.8, 4) is 0 Å². The molecule has 0 aliphatic carbocycles. The van der Waals surface area contributed by atoms with E-state index >= 15 is 0 Å². The van der Waals surface area contributed by atoms with Gasteiger partial charge in [-0.2, -0.15) is 16.8 Å². The summed E-state index contributed by atoms with van der Waals surface area (Å²) in [5, 5.41) is 10.9. The van der Waals surface area contributed by atoms with Gasteiger partial charge in [0, 0.05) is 30.5 Å². The zero-order chi connectivity index (χ0) is 22.4. The molecule has 160 valence electrons. The lowest BCUT2D eigenvalue weighted by Crippen LogP contribution is -2.17. The molecule has 31 heavy (non-hydrogen) atoms. The van der Waals surface area contributed by atoms with E-state index in [0.29, 0.717) is 22.5 Å². The van der Waals surface area contributed by atoms with Crippen molar-refractivity contribution in [2.75, 3.05) is 19.1 Å². The first kappa shape index (κ1) is 22.4. The van der Waals surface area contributed by atoms with Crippen LogP contribution >= 0.6 is 23.1 Å². The molecule has 1 amide bonds. The summed E-state index contributed by atoms with van der Waals surface area (Å²) in [4.78, 5) is 39.4. The highest BCUT2D eigenvalue weighted by atomic mass is 32.2. The van der Waals surface area contributed by atoms with Crippen molar-refractivity contribution in [1.82, 2.24) is 4.57 Å². The Morgan fingerprint density at radius 1 is 1.29 bits per heavy atom. The van der Waals surface area contributed by atoms with Crippen LogP contribution in [0.3, 0.4) is 0 Å². The normalized spacial score (nSPS) is 11.9. The fourth-order valence-electron chi connectivity index (χ4n) is 2.84. The molecule has 0 atom stereocenters. The Morgan fingerprint density at radius 3 is 2.81 bits per heavy atom. The molecule has 8 nitrogen and oxygen atoms in total. The maximum atomic E-state index is 12.5. The van der Waals surface area contributed by atoms with Crippen molar-refractivity contribution in [3.63, 3.8) is 0 Å². The maximum absolute atomic E-state index is 12.5. The number of non-ortho nitro benzene ring substituents is 1. The van der Waals surface area contributed by atoms with E-state index < -0.39 is 16.8 Å². The number of carbonyl (C=O) groups is 2. The summed E-state index contributed by atoms with van der Waals surface area (Å²) in [5.41, 5.74) is 1.79. The summed E-state index contributed by atoms with van der Waals surface area (Å²) < 4.78 is 7.53. The Balaban J connectivity index is 1.97. The minimum Gasteiger partial charge on any atom is -0.465 e. The summed E-state index contributed by atoms with van der Waals surface area (Å²) >= 11 is 2.98. The number of rotatable bonds is 7. The quantitative estimate of drug-likeness (QED) is 0.231. The number of nitrogens with zero attached hydrogens (tertiary/aromatic N) is 3. The van der Waals surface area contributed by atoms with Gasteiger partial charge in [-0.3, -0.25) is 14.9 Å². The van der Waals surface area contributed by atoms with Gasteiger partial charge in [0.1, 0.15) is 0 Å². The van der Waals surface area contributed by atoms with E-state index in [9.17, 15) is 19.7 Å². The second-order valence-electron chi connectivity index (χ2n) is 6.34. The van der Waals surface area contributed by atoms with Crippen LogP contribution in [0.1, 0.15) is 15.9 Å². The van der Waals surface area contributed by atoms with Gasteiger partial charge in [0.05, 0.1) is 27.8 Å². The molecule has 0 unspecified atom stereocenters. The first-order chi connectivity index (χ1) is 14.9. The monoisotopic (exact) mass is 457 g/mol. The lowest BCUT2D eigenvalue weighted by Gasteiger charge is -2.04. The van der Waals surface area contributed by atoms with Crippen molar-refractivity contribution < 1.29 is 19.2 Å². The van der Waals surface area contributed by atoms with Crippen molar-refractivity contribution in [1.29, 1.82) is 0 Å². The molecule has 10 heteroatoms. The van der Waals surface area contributed by atoms with Crippen molar-refractivity contribution >= 4 is 57.0 Å². The summed E-state index contributed by atoms with van der Waals surface area (Å²) in [6.07, 6.45) is 4.77. The number of amides is 1. The van der Waals surface area contributed by atoms with Crippen LogP contribution in [0.25, 0.3) is 16.3 Å². The smallest absolute Gasteiger partial charge is 0.337 e. The molecule has 0 spiro atoms. The number of methoxy groups -OCH3 is 1. The predicted octanol–water partition coefficient (Wildman–Crippen LogP) is 3.90. The van der Waals surface area contributed by atoms with Crippen molar-refractivity contribution in [2.45, 2.75) is 6.54 Å². The molecule has 3 aromatic rings. The lowest BCUT2D eigenvalue weighted by molar-refractivity contribution is -0.384. The third-order valence-corrected chi connectivity index (χ3v) is 5.96. The van der Waals surface area contributed by atoms with Gasteiger partial charge in [0.2, 0.25) is 0 Å². The van der Waals surface area contributed by atoms with Gasteiger partial charge < -0.3 is 9.30 Å². The maximum Gasteiger partial charge on any atom is 0.337 e. The Morgan fingerprint density at radius 2 is 2.10 bits per heavy atom. The van der Waals surface area contributed by atoms with E-state index in [4.69, 9.17) is 4.74 Å². The van der Waals surface area contributed by atoms with Gasteiger partial charge in [0.25, 0.3) is 11.6 Å². The van der Waals surface area contributed by atoms with E-state index in [2.05, 4.69) is 4.99 Å². The largest absolute Gasteiger partial charge is 0.465 e. The van der Waals surface area contributed by atoms with Crippen LogP contribution in [0.4, 0.5) is 5.69 Å². The van der Waals surface area contributed by atoms with E-state index in [0.717, 1.165) is 16.0 Å². The van der Waals surface area contributed by atoms with E-state index in [1.54, 1.807) is 36.0 Å². The number of nitro benzene ring substituents is 1. The van der Waals surface area contributed by atoms with Gasteiger partial charge in [-0.25, -0.2) is 4.79 Å². The fraction of sp³-hybridized carbons (Fsp3) is 0.190.